The van der Waals surface area contributed by atoms with Gasteiger partial charge in [-0.3, -0.25) is 4.79 Å². The number of carbonyl (C=O) groups excluding carboxylic acids is 1. The molecule has 1 aromatic rings. The van der Waals surface area contributed by atoms with Crippen molar-refractivity contribution in [3.63, 3.8) is 0 Å². The van der Waals surface area contributed by atoms with Crippen LogP contribution in [0, 0.1) is 0 Å². The van der Waals surface area contributed by atoms with E-state index in [0.717, 1.165) is 0 Å². The maximum absolute atomic E-state index is 11.9. The van der Waals surface area contributed by atoms with Crippen LogP contribution in [-0.2, 0) is 11.2 Å². The van der Waals surface area contributed by atoms with Crippen LogP contribution in [0.2, 0.25) is 0 Å². The molecule has 0 heterocycles. The van der Waals surface area contributed by atoms with Gasteiger partial charge in [0.15, 0.2) is 6.61 Å². The van der Waals surface area contributed by atoms with Crippen LogP contribution in [0.5, 0.6) is 5.75 Å². The summed E-state index contributed by atoms with van der Waals surface area (Å²) >= 11 is 0. The lowest BCUT2D eigenvalue weighted by molar-refractivity contribution is -0.153. The van der Waals surface area contributed by atoms with E-state index in [-0.39, 0.29) is 12.2 Å². The second-order valence-corrected chi connectivity index (χ2v) is 3.76. The summed E-state index contributed by atoms with van der Waals surface area (Å²) < 4.78 is 40.2. The molecule has 0 spiro atoms. The second-order valence-electron chi connectivity index (χ2n) is 3.76. The molecule has 4 N–H and O–H groups in total. The summed E-state index contributed by atoms with van der Waals surface area (Å²) in [6.07, 6.45) is -4.14. The van der Waals surface area contributed by atoms with Gasteiger partial charge in [0, 0.05) is 0 Å². The van der Waals surface area contributed by atoms with E-state index in [1.165, 1.54) is 24.3 Å². The van der Waals surface area contributed by atoms with Gasteiger partial charge in [-0.2, -0.15) is 13.2 Å². The van der Waals surface area contributed by atoms with E-state index < -0.39 is 24.7 Å². The SMILES string of the molecule is NC(=O)C(N)Cc1ccc(OCC(F)(F)F)cc1. The van der Waals surface area contributed by atoms with Gasteiger partial charge in [-0.1, -0.05) is 12.1 Å². The van der Waals surface area contributed by atoms with Crippen molar-refractivity contribution in [3.05, 3.63) is 29.8 Å². The summed E-state index contributed by atoms with van der Waals surface area (Å²) in [5, 5.41) is 0. The molecule has 0 radical (unpaired) electrons. The molecular formula is C11H13F3N2O2. The minimum Gasteiger partial charge on any atom is -0.484 e. The lowest BCUT2D eigenvalue weighted by Gasteiger charge is -2.10. The predicted octanol–water partition coefficient (Wildman–Crippen LogP) is 0.983. The van der Waals surface area contributed by atoms with Gasteiger partial charge >= 0.3 is 6.18 Å². The monoisotopic (exact) mass is 262 g/mol. The number of halogens is 3. The molecule has 0 aromatic heterocycles. The van der Waals surface area contributed by atoms with Crippen LogP contribution in [0.25, 0.3) is 0 Å². The topological polar surface area (TPSA) is 78.3 Å². The lowest BCUT2D eigenvalue weighted by atomic mass is 10.1. The Labute approximate surface area is 102 Å². The molecular weight excluding hydrogens is 249 g/mol. The number of nitrogens with two attached hydrogens (primary N) is 2. The highest BCUT2D eigenvalue weighted by atomic mass is 19.4. The number of hydrogen-bond acceptors (Lipinski definition) is 3. The summed E-state index contributed by atoms with van der Waals surface area (Å²) in [5.41, 5.74) is 11.1. The molecule has 0 aliphatic rings. The minimum absolute atomic E-state index is 0.101. The number of hydrogen-bond donors (Lipinski definition) is 2. The molecule has 0 aliphatic carbocycles. The first-order valence-electron chi connectivity index (χ1n) is 5.11. The van der Waals surface area contributed by atoms with Gasteiger partial charge in [-0.05, 0) is 24.1 Å². The van der Waals surface area contributed by atoms with Gasteiger partial charge in [0.25, 0.3) is 0 Å². The smallest absolute Gasteiger partial charge is 0.422 e. The Morgan fingerprint density at radius 3 is 2.28 bits per heavy atom. The first kappa shape index (κ1) is 14.3. The lowest BCUT2D eigenvalue weighted by Crippen LogP contribution is -2.38. The van der Waals surface area contributed by atoms with E-state index >= 15 is 0 Å². The van der Waals surface area contributed by atoms with E-state index in [9.17, 15) is 18.0 Å². The fourth-order valence-corrected chi connectivity index (χ4v) is 1.24. The number of carbonyl (C=O) groups is 1. The Bertz CT molecular complexity index is 404. The summed E-state index contributed by atoms with van der Waals surface area (Å²) in [5.74, 6) is -0.531. The Morgan fingerprint density at radius 1 is 1.28 bits per heavy atom. The average Bonchev–Trinajstić information content (AvgIpc) is 2.27. The van der Waals surface area contributed by atoms with Gasteiger partial charge in [0.2, 0.25) is 5.91 Å². The van der Waals surface area contributed by atoms with E-state index in [1.54, 1.807) is 0 Å². The van der Waals surface area contributed by atoms with Gasteiger partial charge in [-0.25, -0.2) is 0 Å². The summed E-state index contributed by atoms with van der Waals surface area (Å²) in [4.78, 5) is 10.7. The fraction of sp³-hybridized carbons (Fsp3) is 0.364. The molecule has 1 amide bonds. The molecule has 7 heteroatoms. The molecule has 4 nitrogen and oxygen atoms in total. The highest BCUT2D eigenvalue weighted by molar-refractivity contribution is 5.79. The average molecular weight is 262 g/mol. The third-order valence-electron chi connectivity index (χ3n) is 2.15. The molecule has 0 bridgehead atoms. The van der Waals surface area contributed by atoms with Crippen molar-refractivity contribution in [2.24, 2.45) is 11.5 Å². The number of alkyl halides is 3. The summed E-state index contributed by atoms with van der Waals surface area (Å²) in [6.45, 7) is -1.34. The van der Waals surface area contributed by atoms with E-state index in [1.807, 2.05) is 0 Å². The molecule has 0 saturated carbocycles. The highest BCUT2D eigenvalue weighted by Gasteiger charge is 2.28. The largest absolute Gasteiger partial charge is 0.484 e. The number of benzene rings is 1. The van der Waals surface area contributed by atoms with Crippen molar-refractivity contribution >= 4 is 5.91 Å². The highest BCUT2D eigenvalue weighted by Crippen LogP contribution is 2.19. The third kappa shape index (κ3) is 5.05. The molecule has 100 valence electrons. The van der Waals surface area contributed by atoms with Gasteiger partial charge in [0.05, 0.1) is 6.04 Å². The number of primary amides is 1. The zero-order valence-electron chi connectivity index (χ0n) is 9.41. The van der Waals surface area contributed by atoms with Crippen LogP contribution < -0.4 is 16.2 Å². The zero-order valence-corrected chi connectivity index (χ0v) is 9.41. The van der Waals surface area contributed by atoms with Crippen molar-refractivity contribution in [1.29, 1.82) is 0 Å². The van der Waals surface area contributed by atoms with E-state index in [0.29, 0.717) is 5.56 Å². The Kier molecular flexibility index (Phi) is 4.55. The zero-order chi connectivity index (χ0) is 13.8. The molecule has 1 unspecified atom stereocenters. The normalized spacial score (nSPS) is 13.1. The molecule has 0 aliphatic heterocycles. The Balaban J connectivity index is 2.55. The number of amides is 1. The van der Waals surface area contributed by atoms with Crippen molar-refractivity contribution in [3.8, 4) is 5.75 Å². The predicted molar refractivity (Wildman–Crippen MR) is 58.9 cm³/mol. The van der Waals surface area contributed by atoms with Gasteiger partial charge < -0.3 is 16.2 Å². The molecule has 18 heavy (non-hydrogen) atoms. The first-order chi connectivity index (χ1) is 8.28. The molecule has 0 saturated heterocycles. The Morgan fingerprint density at radius 2 is 1.83 bits per heavy atom. The van der Waals surface area contributed by atoms with Crippen LogP contribution in [0.4, 0.5) is 13.2 Å². The van der Waals surface area contributed by atoms with Crippen molar-refractivity contribution in [2.75, 3.05) is 6.61 Å². The third-order valence-corrected chi connectivity index (χ3v) is 2.15. The summed E-state index contributed by atoms with van der Waals surface area (Å²) in [6, 6.07) is 5.03. The van der Waals surface area contributed by atoms with E-state index in [2.05, 4.69) is 4.74 Å². The Hall–Kier alpha value is -1.76. The fourth-order valence-electron chi connectivity index (χ4n) is 1.24. The van der Waals surface area contributed by atoms with Crippen molar-refractivity contribution < 1.29 is 22.7 Å². The van der Waals surface area contributed by atoms with Crippen LogP contribution in [0.15, 0.2) is 24.3 Å². The quantitative estimate of drug-likeness (QED) is 0.830. The minimum atomic E-state index is -4.37. The molecule has 1 atom stereocenters. The van der Waals surface area contributed by atoms with Crippen LogP contribution in [-0.4, -0.2) is 24.7 Å². The van der Waals surface area contributed by atoms with E-state index in [4.69, 9.17) is 11.5 Å². The maximum Gasteiger partial charge on any atom is 0.422 e. The standard InChI is InChI=1S/C11H13F3N2O2/c12-11(13,14)6-18-8-3-1-7(2-4-8)5-9(15)10(16)17/h1-4,9H,5-6,15H2,(H2,16,17). The molecule has 1 aromatic carbocycles. The molecule has 1 rings (SSSR count). The van der Waals surface area contributed by atoms with Gasteiger partial charge in [0.1, 0.15) is 5.75 Å². The van der Waals surface area contributed by atoms with Crippen molar-refractivity contribution in [1.82, 2.24) is 0 Å². The second kappa shape index (κ2) is 5.72. The summed E-state index contributed by atoms with van der Waals surface area (Å²) in [7, 11) is 0. The van der Waals surface area contributed by atoms with Crippen molar-refractivity contribution in [2.45, 2.75) is 18.6 Å². The van der Waals surface area contributed by atoms with Gasteiger partial charge in [-0.15, -0.1) is 0 Å². The van der Waals surface area contributed by atoms with Crippen LogP contribution >= 0.6 is 0 Å². The first-order valence-corrected chi connectivity index (χ1v) is 5.11. The van der Waals surface area contributed by atoms with Crippen LogP contribution in [0.3, 0.4) is 0 Å². The molecule has 0 fully saturated rings. The maximum atomic E-state index is 11.9. The number of ether oxygens (including phenoxy) is 1. The number of rotatable bonds is 5. The van der Waals surface area contributed by atoms with Crippen LogP contribution in [0.1, 0.15) is 5.56 Å².